The van der Waals surface area contributed by atoms with Gasteiger partial charge in [-0.05, 0) is 43.4 Å². The highest BCUT2D eigenvalue weighted by Crippen LogP contribution is 2.45. The van der Waals surface area contributed by atoms with Crippen LogP contribution in [0.2, 0.25) is 0 Å². The number of aliphatic hydroxyl groups is 1. The van der Waals surface area contributed by atoms with Crippen LogP contribution in [-0.4, -0.2) is 96.7 Å². The summed E-state index contributed by atoms with van der Waals surface area (Å²) in [6, 6.07) is 0. The third-order valence-corrected chi connectivity index (χ3v) is 20.5. The van der Waals surface area contributed by atoms with Crippen LogP contribution in [0, 0.1) is 17.8 Å². The Morgan fingerprint density at radius 3 is 0.687 bits per heavy atom. The number of unbranched alkanes of at least 4 members (excludes halogenated alkanes) is 46. The zero-order chi connectivity index (χ0) is 73.0. The summed E-state index contributed by atoms with van der Waals surface area (Å²) in [5.41, 5.74) is 0. The molecule has 0 bridgehead atoms. The zero-order valence-corrected chi connectivity index (χ0v) is 66.8. The van der Waals surface area contributed by atoms with Crippen LogP contribution in [0.1, 0.15) is 414 Å². The fourth-order valence-electron chi connectivity index (χ4n) is 12.3. The molecule has 5 atom stereocenters. The third kappa shape index (κ3) is 74.1. The van der Waals surface area contributed by atoms with Crippen LogP contribution in [0.25, 0.3) is 0 Å². The summed E-state index contributed by atoms with van der Waals surface area (Å²) in [4.78, 5) is 73.0. The highest BCUT2D eigenvalue weighted by atomic mass is 31.2. The first-order chi connectivity index (χ1) is 47.7. The van der Waals surface area contributed by atoms with E-state index < -0.39 is 97.5 Å². The molecule has 0 amide bonds. The summed E-state index contributed by atoms with van der Waals surface area (Å²) in [5, 5.41) is 10.6. The molecule has 19 heteroatoms. The van der Waals surface area contributed by atoms with Crippen LogP contribution in [0.5, 0.6) is 0 Å². The van der Waals surface area contributed by atoms with E-state index in [9.17, 15) is 43.2 Å². The average Bonchev–Trinajstić information content (AvgIpc) is 1.02. The minimum absolute atomic E-state index is 0.107. The van der Waals surface area contributed by atoms with Gasteiger partial charge in [0.25, 0.3) is 0 Å². The van der Waals surface area contributed by atoms with Crippen LogP contribution in [0.15, 0.2) is 0 Å². The highest BCUT2D eigenvalue weighted by molar-refractivity contribution is 7.47. The van der Waals surface area contributed by atoms with Gasteiger partial charge >= 0.3 is 39.5 Å². The standard InChI is InChI=1S/C80H156O17P2/c1-8-9-10-11-12-30-40-47-54-61-77(82)90-67-75(96-80(85)64-57-50-43-36-29-23-17-20-26-33-39-46-53-60-73(6)7)69-94-98(86,87)92-65-74(81)66-93-99(88,89)95-70-76(68-91-78(83)62-55-48-41-34-27-22-16-19-25-32-38-45-52-59-72(4)5)97-79(84)63-56-49-42-35-28-21-15-13-14-18-24-31-37-44-51-58-71(2)3/h71-76,81H,8-70H2,1-7H3,(H,86,87)(H,88,89)/t74-,75+,76+/m0/s1. The molecule has 0 spiro atoms. The molecule has 99 heavy (non-hydrogen) atoms. The quantitative estimate of drug-likeness (QED) is 0.0222. The largest absolute Gasteiger partial charge is 0.472 e. The molecule has 2 unspecified atom stereocenters. The fraction of sp³-hybridized carbons (Fsp3) is 0.950. The summed E-state index contributed by atoms with van der Waals surface area (Å²) < 4.78 is 68.7. The summed E-state index contributed by atoms with van der Waals surface area (Å²) in [6.45, 7) is 12.0. The number of phosphoric ester groups is 2. The maximum absolute atomic E-state index is 13.1. The molecule has 0 aromatic carbocycles. The van der Waals surface area contributed by atoms with Crippen LogP contribution in [0.4, 0.5) is 0 Å². The third-order valence-electron chi connectivity index (χ3n) is 18.6. The van der Waals surface area contributed by atoms with Gasteiger partial charge in [0.15, 0.2) is 12.2 Å². The van der Waals surface area contributed by atoms with Crippen molar-refractivity contribution in [2.45, 2.75) is 433 Å². The lowest BCUT2D eigenvalue weighted by atomic mass is 10.0. The van der Waals surface area contributed by atoms with E-state index in [0.717, 1.165) is 108 Å². The van der Waals surface area contributed by atoms with Crippen molar-refractivity contribution in [2.75, 3.05) is 39.6 Å². The Hall–Kier alpha value is -1.94. The predicted molar refractivity (Wildman–Crippen MR) is 405 cm³/mol. The molecule has 17 nitrogen and oxygen atoms in total. The molecule has 3 N–H and O–H groups in total. The average molecular weight is 1450 g/mol. The van der Waals surface area contributed by atoms with Gasteiger partial charge in [0.2, 0.25) is 0 Å². The Kier molecular flexibility index (Phi) is 69.0. The molecule has 588 valence electrons. The van der Waals surface area contributed by atoms with Gasteiger partial charge in [-0.1, -0.05) is 363 Å². The number of ether oxygens (including phenoxy) is 4. The Morgan fingerprint density at radius 2 is 0.465 bits per heavy atom. The monoisotopic (exact) mass is 1450 g/mol. The maximum atomic E-state index is 13.1. The lowest BCUT2D eigenvalue weighted by molar-refractivity contribution is -0.161. The fourth-order valence-corrected chi connectivity index (χ4v) is 13.9. The summed E-state index contributed by atoms with van der Waals surface area (Å²) >= 11 is 0. The Morgan fingerprint density at radius 1 is 0.273 bits per heavy atom. The van der Waals surface area contributed by atoms with E-state index >= 15 is 0 Å². The number of carbonyl (C=O) groups is 4. The number of aliphatic hydroxyl groups excluding tert-OH is 1. The van der Waals surface area contributed by atoms with Crippen molar-refractivity contribution in [1.82, 2.24) is 0 Å². The van der Waals surface area contributed by atoms with Crippen LogP contribution < -0.4 is 0 Å². The smallest absolute Gasteiger partial charge is 0.462 e. The second-order valence-corrected chi connectivity index (χ2v) is 33.1. The predicted octanol–water partition coefficient (Wildman–Crippen LogP) is 23.7. The van der Waals surface area contributed by atoms with Gasteiger partial charge in [0.1, 0.15) is 19.3 Å². The molecule has 0 aliphatic rings. The summed E-state index contributed by atoms with van der Waals surface area (Å²) in [6.07, 6.45) is 58.2. The van der Waals surface area contributed by atoms with Gasteiger partial charge in [-0.3, -0.25) is 37.3 Å². The minimum atomic E-state index is -4.96. The van der Waals surface area contributed by atoms with Gasteiger partial charge in [-0.25, -0.2) is 9.13 Å². The number of phosphoric acid groups is 2. The van der Waals surface area contributed by atoms with E-state index in [4.69, 9.17) is 37.0 Å². The van der Waals surface area contributed by atoms with E-state index in [1.54, 1.807) is 0 Å². The molecule has 0 rings (SSSR count). The van der Waals surface area contributed by atoms with Crippen molar-refractivity contribution in [1.29, 1.82) is 0 Å². The molecular weight excluding hydrogens is 1290 g/mol. The SMILES string of the molecule is CCCCCCCCCCCC(=O)OC[C@H](COP(=O)(O)OC[C@H](O)COP(=O)(O)OC[C@@H](COC(=O)CCCCCCCCCCCCCCCC(C)C)OC(=O)CCCCCCCCCCCCCCCCCC(C)C)OC(=O)CCCCCCCCCCCCCCCC(C)C. The molecule has 0 saturated carbocycles. The topological polar surface area (TPSA) is 237 Å². The van der Waals surface area contributed by atoms with Crippen LogP contribution >= 0.6 is 15.6 Å². The first-order valence-electron chi connectivity index (χ1n) is 41.3. The van der Waals surface area contributed by atoms with Gasteiger partial charge < -0.3 is 33.8 Å². The first kappa shape index (κ1) is 97.1. The molecular formula is C80H156O17P2. The molecule has 0 aliphatic carbocycles. The lowest BCUT2D eigenvalue weighted by Crippen LogP contribution is -2.30. The van der Waals surface area contributed by atoms with Crippen molar-refractivity contribution >= 4 is 39.5 Å². The van der Waals surface area contributed by atoms with Crippen molar-refractivity contribution < 1.29 is 80.2 Å². The van der Waals surface area contributed by atoms with Crippen molar-refractivity contribution in [3.05, 3.63) is 0 Å². The number of hydrogen-bond acceptors (Lipinski definition) is 15. The minimum Gasteiger partial charge on any atom is -0.462 e. The number of hydrogen-bond donors (Lipinski definition) is 3. The second-order valence-electron chi connectivity index (χ2n) is 30.2. The molecule has 0 aromatic heterocycles. The van der Waals surface area contributed by atoms with Gasteiger partial charge in [0.05, 0.1) is 26.4 Å². The normalized spacial score (nSPS) is 14.0. The second kappa shape index (κ2) is 70.4. The van der Waals surface area contributed by atoms with Gasteiger partial charge in [-0.15, -0.1) is 0 Å². The van der Waals surface area contributed by atoms with Crippen LogP contribution in [-0.2, 0) is 65.4 Å². The maximum Gasteiger partial charge on any atom is 0.472 e. The van der Waals surface area contributed by atoms with E-state index in [1.807, 2.05) is 0 Å². The summed E-state index contributed by atoms with van der Waals surface area (Å²) in [5.74, 6) is 0.268. The van der Waals surface area contributed by atoms with E-state index in [2.05, 4.69) is 48.5 Å². The summed E-state index contributed by atoms with van der Waals surface area (Å²) in [7, 11) is -9.92. The number of carbonyl (C=O) groups excluding carboxylic acids is 4. The molecule has 0 saturated heterocycles. The Balaban J connectivity index is 5.23. The van der Waals surface area contributed by atoms with Crippen molar-refractivity contribution in [3.63, 3.8) is 0 Å². The molecule has 0 radical (unpaired) electrons. The zero-order valence-electron chi connectivity index (χ0n) is 65.0. The van der Waals surface area contributed by atoms with Crippen LogP contribution in [0.3, 0.4) is 0 Å². The molecule has 0 aliphatic heterocycles. The van der Waals surface area contributed by atoms with E-state index in [1.165, 1.54) is 225 Å². The molecule has 0 fully saturated rings. The highest BCUT2D eigenvalue weighted by Gasteiger charge is 2.30. The van der Waals surface area contributed by atoms with Gasteiger partial charge in [0, 0.05) is 25.7 Å². The molecule has 0 aromatic rings. The Labute approximate surface area is 607 Å². The van der Waals surface area contributed by atoms with E-state index in [0.29, 0.717) is 25.7 Å². The number of rotatable bonds is 78. The van der Waals surface area contributed by atoms with Crippen molar-refractivity contribution in [2.24, 2.45) is 17.8 Å². The first-order valence-corrected chi connectivity index (χ1v) is 44.3. The van der Waals surface area contributed by atoms with Crippen molar-refractivity contribution in [3.8, 4) is 0 Å². The van der Waals surface area contributed by atoms with Gasteiger partial charge in [-0.2, -0.15) is 0 Å². The van der Waals surface area contributed by atoms with E-state index in [-0.39, 0.29) is 25.7 Å². The Bertz CT molecular complexity index is 1920. The lowest BCUT2D eigenvalue weighted by Gasteiger charge is -2.21. The molecule has 0 heterocycles. The number of esters is 4.